The Morgan fingerprint density at radius 3 is 2.59 bits per heavy atom. The first-order valence-electron chi connectivity index (χ1n) is 15.0. The fourth-order valence-electron chi connectivity index (χ4n) is 6.23. The van der Waals surface area contributed by atoms with Gasteiger partial charge in [-0.05, 0) is 65.3 Å². The lowest BCUT2D eigenvalue weighted by Gasteiger charge is -2.39. The number of anilines is 2. The predicted octanol–water partition coefficient (Wildman–Crippen LogP) is 5.01. The van der Waals surface area contributed by atoms with Gasteiger partial charge in [-0.2, -0.15) is 9.61 Å². The van der Waals surface area contributed by atoms with Gasteiger partial charge < -0.3 is 19.4 Å². The minimum Gasteiger partial charge on any atom is -0.492 e. The van der Waals surface area contributed by atoms with Crippen molar-refractivity contribution in [2.75, 3.05) is 62.7 Å². The number of aryl methyl sites for hydroxylation is 1. The minimum absolute atomic E-state index is 0.139. The molecule has 1 unspecified atom stereocenters. The zero-order valence-electron chi connectivity index (χ0n) is 25.1. The van der Waals surface area contributed by atoms with E-state index in [1.807, 2.05) is 4.52 Å². The molecule has 5 heterocycles. The van der Waals surface area contributed by atoms with E-state index in [2.05, 4.69) is 96.0 Å². The van der Waals surface area contributed by atoms with Crippen LogP contribution in [0.5, 0.6) is 5.75 Å². The van der Waals surface area contributed by atoms with Gasteiger partial charge in [0.05, 0.1) is 11.7 Å². The summed E-state index contributed by atoms with van der Waals surface area (Å²) in [4.78, 5) is 19.0. The first kappa shape index (κ1) is 27.6. The van der Waals surface area contributed by atoms with E-state index in [1.165, 1.54) is 18.4 Å². The summed E-state index contributed by atoms with van der Waals surface area (Å²) in [5, 5.41) is 5.23. The van der Waals surface area contributed by atoms with Crippen LogP contribution in [-0.2, 0) is 0 Å². The van der Waals surface area contributed by atoms with Crippen molar-refractivity contribution in [2.45, 2.75) is 58.2 Å². The van der Waals surface area contributed by atoms with Crippen LogP contribution in [0.15, 0.2) is 41.9 Å². The van der Waals surface area contributed by atoms with Crippen LogP contribution < -0.4 is 14.5 Å². The van der Waals surface area contributed by atoms with Crippen LogP contribution in [0, 0.1) is 6.92 Å². The molecular formula is C32H44N8O. The largest absolute Gasteiger partial charge is 0.492 e. The molecule has 218 valence electrons. The van der Waals surface area contributed by atoms with Crippen LogP contribution in [0.4, 0.5) is 11.6 Å². The average molecular weight is 557 g/mol. The third kappa shape index (κ3) is 5.27. The number of likely N-dealkylation sites (N-methyl/N-ethyl adjacent to an activating group) is 1. The number of rotatable bonds is 3. The van der Waals surface area contributed by atoms with E-state index in [9.17, 15) is 0 Å². The summed E-state index contributed by atoms with van der Waals surface area (Å²) in [7, 11) is 2.15. The molecule has 41 heavy (non-hydrogen) atoms. The van der Waals surface area contributed by atoms with Crippen LogP contribution in [0.1, 0.15) is 62.4 Å². The molecule has 3 aliphatic rings. The second kappa shape index (κ2) is 11.0. The fraction of sp³-hybridized carbons (Fsp3) is 0.531. The normalized spacial score (nSPS) is 20.9. The number of hydrogen-bond acceptors (Lipinski definition) is 8. The lowest BCUT2D eigenvalue weighted by Crippen LogP contribution is -2.47. The number of benzene rings is 1. The Balaban J connectivity index is 1.47. The quantitative estimate of drug-likeness (QED) is 0.420. The molecule has 2 aromatic heterocycles. The average Bonchev–Trinajstić information content (AvgIpc) is 3.37. The summed E-state index contributed by atoms with van der Waals surface area (Å²) in [6.45, 7) is 20.8. The van der Waals surface area contributed by atoms with E-state index in [0.717, 1.165) is 92.1 Å². The number of fused-ring (bicyclic) bond motifs is 4. The maximum Gasteiger partial charge on any atom is 0.160 e. The van der Waals surface area contributed by atoms with E-state index in [4.69, 9.17) is 14.8 Å². The van der Waals surface area contributed by atoms with Crippen LogP contribution in [0.25, 0.3) is 11.3 Å². The third-order valence-corrected chi connectivity index (χ3v) is 9.11. The van der Waals surface area contributed by atoms with E-state index in [0.29, 0.717) is 6.61 Å². The van der Waals surface area contributed by atoms with Gasteiger partial charge in [0.25, 0.3) is 0 Å². The molecule has 0 N–H and O–H groups in total. The highest BCUT2D eigenvalue weighted by molar-refractivity contribution is 5.69. The van der Waals surface area contributed by atoms with Gasteiger partial charge in [0.15, 0.2) is 5.65 Å². The molecule has 3 aliphatic heterocycles. The van der Waals surface area contributed by atoms with Crippen molar-refractivity contribution in [1.29, 1.82) is 0 Å². The highest BCUT2D eigenvalue weighted by Gasteiger charge is 2.31. The van der Waals surface area contributed by atoms with Gasteiger partial charge in [-0.3, -0.25) is 9.89 Å². The molecule has 1 aromatic carbocycles. The molecule has 9 nitrogen and oxygen atoms in total. The van der Waals surface area contributed by atoms with Crippen LogP contribution in [-0.4, -0.2) is 89.7 Å². The van der Waals surface area contributed by atoms with Gasteiger partial charge in [0.2, 0.25) is 0 Å². The summed E-state index contributed by atoms with van der Waals surface area (Å²) < 4.78 is 8.53. The molecule has 2 saturated heterocycles. The van der Waals surface area contributed by atoms with Crippen molar-refractivity contribution < 1.29 is 4.74 Å². The second-order valence-electron chi connectivity index (χ2n) is 12.2. The van der Waals surface area contributed by atoms with Crippen molar-refractivity contribution in [2.24, 2.45) is 4.99 Å². The molecule has 1 atom stereocenters. The van der Waals surface area contributed by atoms with Crippen molar-refractivity contribution >= 4 is 29.7 Å². The number of nitrogens with zero attached hydrogens (tertiary/aromatic N) is 8. The zero-order valence-corrected chi connectivity index (χ0v) is 25.1. The Labute approximate surface area is 244 Å². The Morgan fingerprint density at radius 1 is 1.00 bits per heavy atom. The molecule has 2 fully saturated rings. The second-order valence-corrected chi connectivity index (χ2v) is 12.2. The molecule has 0 aliphatic carbocycles. The maximum absolute atomic E-state index is 6.49. The molecule has 2 bridgehead atoms. The van der Waals surface area contributed by atoms with Gasteiger partial charge >= 0.3 is 0 Å². The van der Waals surface area contributed by atoms with Crippen LogP contribution in [0.2, 0.25) is 0 Å². The Morgan fingerprint density at radius 2 is 1.83 bits per heavy atom. The lowest BCUT2D eigenvalue weighted by atomic mass is 9.96. The summed E-state index contributed by atoms with van der Waals surface area (Å²) in [5.74, 6) is 2.96. The Kier molecular flexibility index (Phi) is 7.40. The van der Waals surface area contributed by atoms with E-state index in [-0.39, 0.29) is 6.04 Å². The molecule has 9 heteroatoms. The monoisotopic (exact) mass is 556 g/mol. The third-order valence-electron chi connectivity index (χ3n) is 9.11. The zero-order chi connectivity index (χ0) is 28.7. The van der Waals surface area contributed by atoms with Crippen LogP contribution in [0.3, 0.4) is 0 Å². The number of aromatic nitrogens is 3. The fourth-order valence-corrected chi connectivity index (χ4v) is 6.23. The standard InChI is InChI=1S/C32H44N8O/c1-23-11-12-28-25(20-23)24(2)39-15-8-7-10-27(39)26-21-30-34-29(37-13-9-14-37)22-31(40(30)35-26)36(6)16-17-38(18-19-41-28)32(3,4)33-5/h11-12,20-22,27H,2,5,7-10,13-19H2,1,3-4,6H3. The predicted molar refractivity (Wildman–Crippen MR) is 167 cm³/mol. The van der Waals surface area contributed by atoms with Crippen molar-refractivity contribution in [3.63, 3.8) is 0 Å². The van der Waals surface area contributed by atoms with Gasteiger partial charge in [-0.1, -0.05) is 18.2 Å². The molecule has 0 radical (unpaired) electrons. The summed E-state index contributed by atoms with van der Waals surface area (Å²) in [6, 6.07) is 10.9. The molecule has 3 aromatic rings. The van der Waals surface area contributed by atoms with Gasteiger partial charge in [0, 0.05) is 69.7 Å². The number of aliphatic imine (C=N–C) groups is 1. The maximum atomic E-state index is 6.49. The number of piperidine rings is 1. The van der Waals surface area contributed by atoms with Gasteiger partial charge in [0.1, 0.15) is 29.7 Å². The van der Waals surface area contributed by atoms with Crippen molar-refractivity contribution in [3.8, 4) is 5.75 Å². The highest BCUT2D eigenvalue weighted by Crippen LogP contribution is 2.39. The molecule has 0 saturated carbocycles. The van der Waals surface area contributed by atoms with E-state index >= 15 is 0 Å². The Bertz CT molecular complexity index is 1440. The smallest absolute Gasteiger partial charge is 0.160 e. The number of hydrogen-bond donors (Lipinski definition) is 0. The summed E-state index contributed by atoms with van der Waals surface area (Å²) in [6.07, 6.45) is 4.55. The summed E-state index contributed by atoms with van der Waals surface area (Å²) >= 11 is 0. The van der Waals surface area contributed by atoms with Crippen molar-refractivity contribution in [3.05, 3.63) is 53.7 Å². The first-order valence-corrected chi connectivity index (χ1v) is 15.0. The minimum atomic E-state index is -0.425. The molecule has 0 amide bonds. The SMILES string of the molecule is C=NC(C)(C)N1CCOc2ccc(C)cc2C(=C)N2CCCCC2c2cc3nc(N4CCC4)cc(n3n2)N(C)CC1. The first-order chi connectivity index (χ1) is 19.7. The van der Waals surface area contributed by atoms with Gasteiger partial charge in [-0.25, -0.2) is 4.98 Å². The lowest BCUT2D eigenvalue weighted by molar-refractivity contribution is 0.109. The van der Waals surface area contributed by atoms with E-state index in [1.54, 1.807) is 0 Å². The summed E-state index contributed by atoms with van der Waals surface area (Å²) in [5.41, 5.74) is 4.77. The molecule has 6 rings (SSSR count). The van der Waals surface area contributed by atoms with Crippen LogP contribution >= 0.6 is 0 Å². The highest BCUT2D eigenvalue weighted by atomic mass is 16.5. The number of ether oxygens (including phenoxy) is 1. The molecular weight excluding hydrogens is 512 g/mol. The van der Waals surface area contributed by atoms with Gasteiger partial charge in [-0.15, -0.1) is 0 Å². The van der Waals surface area contributed by atoms with E-state index < -0.39 is 5.66 Å². The van der Waals surface area contributed by atoms with Crippen molar-refractivity contribution in [1.82, 2.24) is 24.4 Å². The topological polar surface area (TPSA) is 64.7 Å². The molecule has 0 spiro atoms. The Hall–Kier alpha value is -3.59.